The van der Waals surface area contributed by atoms with Gasteiger partial charge < -0.3 is 37.9 Å². The van der Waals surface area contributed by atoms with Gasteiger partial charge in [-0.2, -0.15) is 52.7 Å². The summed E-state index contributed by atoms with van der Waals surface area (Å²) in [7, 11) is -10.1. The van der Waals surface area contributed by atoms with Crippen LogP contribution in [0.3, 0.4) is 0 Å². The van der Waals surface area contributed by atoms with E-state index in [0.29, 0.717) is 56.7 Å². The number of carbonyl (C=O) groups is 1. The van der Waals surface area contributed by atoms with Crippen molar-refractivity contribution in [3.05, 3.63) is 168 Å². The molecular formula is C87H123F12O9PSi3. The van der Waals surface area contributed by atoms with E-state index < -0.39 is 91.0 Å². The Balaban J connectivity index is 0.000000205. The number of rotatable bonds is 19. The van der Waals surface area contributed by atoms with Gasteiger partial charge in [0.25, 0.3) is 11.2 Å². The highest BCUT2D eigenvalue weighted by Crippen LogP contribution is 2.69. The van der Waals surface area contributed by atoms with Crippen molar-refractivity contribution in [1.29, 1.82) is 0 Å². The van der Waals surface area contributed by atoms with Gasteiger partial charge in [-0.15, -0.1) is 0 Å². The minimum absolute atomic E-state index is 0.00825. The minimum atomic E-state index is -5.87. The number of aliphatic hydroxyl groups excluding tert-OH is 2. The molecule has 7 fully saturated rings. The van der Waals surface area contributed by atoms with Crippen LogP contribution in [0, 0.1) is 33.5 Å². The number of alkyl halides is 12. The highest BCUT2D eigenvalue weighted by Gasteiger charge is 2.72. The summed E-state index contributed by atoms with van der Waals surface area (Å²) in [5.41, 5.74) is -3.74. The van der Waals surface area contributed by atoms with Gasteiger partial charge in [0.15, 0.2) is 25.0 Å². The molecule has 9 aliphatic rings. The predicted molar refractivity (Wildman–Crippen MR) is 430 cm³/mol. The molecule has 3 unspecified atom stereocenters. The number of ether oxygens (including phenoxy) is 1. The van der Waals surface area contributed by atoms with Crippen molar-refractivity contribution >= 4 is 48.5 Å². The van der Waals surface area contributed by atoms with E-state index in [1.807, 2.05) is 85.8 Å². The van der Waals surface area contributed by atoms with E-state index in [2.05, 4.69) is 100.0 Å². The summed E-state index contributed by atoms with van der Waals surface area (Å²) >= 11 is 0. The summed E-state index contributed by atoms with van der Waals surface area (Å²) in [6, 6.07) is 19.8. The molecule has 6 saturated carbocycles. The van der Waals surface area contributed by atoms with Crippen LogP contribution < -0.4 is 10.6 Å². The fraction of sp³-hybridized carbons (Fsp3) is 0.644. The summed E-state index contributed by atoms with van der Waals surface area (Å²) < 4.78 is 199. The Kier molecular flexibility index (Phi) is 28.6. The summed E-state index contributed by atoms with van der Waals surface area (Å²) in [4.78, 5) is 12.4. The molecule has 1 saturated heterocycles. The average Bonchev–Trinajstić information content (AvgIpc) is 1.75. The number of Topliss-reactive ketones (excluding diaryl/α,β-unsaturated/α-hetero) is 1. The molecular weight excluding hydrogens is 1530 g/mol. The van der Waals surface area contributed by atoms with Gasteiger partial charge in [-0.05, 0) is 227 Å². The molecule has 0 spiro atoms. The van der Waals surface area contributed by atoms with Crippen LogP contribution in [0.1, 0.15) is 184 Å². The third kappa shape index (κ3) is 20.8. The smallest absolute Gasteiger partial charge is 0.413 e. The lowest BCUT2D eigenvalue weighted by Gasteiger charge is -2.45. The van der Waals surface area contributed by atoms with E-state index in [1.54, 1.807) is 0 Å². The van der Waals surface area contributed by atoms with Crippen molar-refractivity contribution in [3.8, 4) is 0 Å². The van der Waals surface area contributed by atoms with Crippen LogP contribution in [0.5, 0.6) is 0 Å². The van der Waals surface area contributed by atoms with Crippen LogP contribution >= 0.6 is 7.14 Å². The van der Waals surface area contributed by atoms with Gasteiger partial charge in [-0.1, -0.05) is 188 Å². The Hall–Kier alpha value is -4.47. The summed E-state index contributed by atoms with van der Waals surface area (Å²) in [6.45, 7) is 41.6. The molecule has 0 radical (unpaired) electrons. The maximum absolute atomic E-state index is 14.7. The third-order valence-electron chi connectivity index (χ3n) is 26.0. The lowest BCUT2D eigenvalue weighted by molar-refractivity contribution is -0.347. The number of benzene rings is 2. The number of fused-ring (bicyclic) bond motifs is 2. The number of hydrogen-bond donors (Lipinski definition) is 3. The van der Waals surface area contributed by atoms with E-state index in [1.165, 1.54) is 38.1 Å². The molecule has 0 bridgehead atoms. The largest absolute Gasteiger partial charge is 0.429 e. The highest BCUT2D eigenvalue weighted by atomic mass is 31.2. The number of hydrogen-bond acceptors (Lipinski definition) is 9. The highest BCUT2D eigenvalue weighted by molar-refractivity contribution is 7.78. The van der Waals surface area contributed by atoms with Crippen LogP contribution in [-0.4, -0.2) is 126 Å². The lowest BCUT2D eigenvalue weighted by Crippen LogP contribution is -2.61. The molecule has 8 aliphatic carbocycles. The van der Waals surface area contributed by atoms with Gasteiger partial charge in [0.1, 0.15) is 12.9 Å². The monoisotopic (exact) mass is 1650 g/mol. The maximum atomic E-state index is 14.7. The zero-order valence-electron chi connectivity index (χ0n) is 68.4. The second kappa shape index (κ2) is 34.5. The van der Waals surface area contributed by atoms with Crippen molar-refractivity contribution < 1.29 is 95.4 Å². The zero-order valence-corrected chi connectivity index (χ0v) is 72.3. The maximum Gasteiger partial charge on any atom is 0.429 e. The van der Waals surface area contributed by atoms with Gasteiger partial charge in [0.05, 0.1) is 24.4 Å². The van der Waals surface area contributed by atoms with Crippen LogP contribution in [-0.2, 0) is 27.4 Å². The normalized spacial score (nSPS) is 27.9. The molecule has 0 amide bonds. The molecule has 25 heteroatoms. The Morgan fingerprint density at radius 1 is 0.580 bits per heavy atom. The van der Waals surface area contributed by atoms with Crippen LogP contribution in [0.15, 0.2) is 168 Å². The molecule has 8 atom stereocenters. The first-order valence-corrected chi connectivity index (χ1v) is 51.0. The minimum Gasteiger partial charge on any atom is -0.413 e. The quantitative estimate of drug-likeness (QED) is 0.0544. The summed E-state index contributed by atoms with van der Waals surface area (Å²) in [5.74, 6) is 0.268. The molecule has 3 N–H and O–H groups in total. The molecule has 2 aromatic rings. The van der Waals surface area contributed by atoms with Gasteiger partial charge in [-0.25, -0.2) is 0 Å². The Morgan fingerprint density at radius 2 is 1.04 bits per heavy atom. The van der Waals surface area contributed by atoms with E-state index in [9.17, 15) is 77.4 Å². The van der Waals surface area contributed by atoms with Gasteiger partial charge in [-0.3, -0.25) is 4.79 Å². The summed E-state index contributed by atoms with van der Waals surface area (Å²) in [6.07, 6.45) is 2.09. The van der Waals surface area contributed by atoms with Crippen LogP contribution in [0.2, 0.25) is 55.9 Å². The zero-order chi connectivity index (χ0) is 83.8. The van der Waals surface area contributed by atoms with E-state index in [-0.39, 0.29) is 82.1 Å². The Morgan fingerprint density at radius 3 is 1.49 bits per heavy atom. The second-order valence-corrected chi connectivity index (χ2v) is 54.2. The number of ketones is 1. The second-order valence-electron chi connectivity index (χ2n) is 37.3. The molecule has 2 aromatic carbocycles. The van der Waals surface area contributed by atoms with Crippen LogP contribution in [0.4, 0.5) is 52.7 Å². The molecule has 1 aliphatic heterocycles. The Bertz CT molecular complexity index is 3830. The number of allylic oxidation sites excluding steroid dienone is 10. The van der Waals surface area contributed by atoms with Crippen molar-refractivity contribution in [2.24, 2.45) is 33.5 Å². The van der Waals surface area contributed by atoms with Crippen molar-refractivity contribution in [3.63, 3.8) is 0 Å². The number of carbonyl (C=O) groups excluding carboxylic acids is 1. The third-order valence-corrected chi connectivity index (χ3v) is 38.9. The first-order chi connectivity index (χ1) is 51.4. The summed E-state index contributed by atoms with van der Waals surface area (Å²) in [5, 5.41) is 31.6. The van der Waals surface area contributed by atoms with Crippen molar-refractivity contribution in [2.75, 3.05) is 19.4 Å². The standard InChI is InChI=1S/C33H51O3PSi2.C28H34F6O3.C22H30F6O2Si.C4H8O/c1-26-27(22-23-37(34,29-18-14-12-15-19-29)30-20-16-13-17-21-30)24-28(35-38(8,9)32(2,3)4)25-31(26)36-39(10,11)33(5,6)7;1-17-19(15-20(35)16-22(17)36)7-6-18-5-3-10-24(2)21(18)8-9-23(24)25(13-14-25)11-4-12-26(37,27(29,30)31)28(32,33)34;1-18-10-5-7-16(29)15(18)8-9-17(18)19(13-14-19)11-6-12-20(21(23,24)25,22(26,27)28)30-31(2,3)4;1-2-4-5-3-1/h12-22,28,31H,1,23-25H2,2-11H3;4,6-7,9,12,20-22,35-37H,1,3,5,8,10-11,13-16H2,2H3;6,9,12,15H,5,7-8,10-11,13-14H2,1-4H3;1-4H2/b27-22-;12-4+,18-6+,19-7-;12-6+;/t28-,31+;20?,21?,22-,24-;15?,18-;/m100./s1. The lowest BCUT2D eigenvalue weighted by atomic mass is 9.61. The molecule has 11 rings (SSSR count). The molecule has 112 heavy (non-hydrogen) atoms. The Labute approximate surface area is 660 Å². The number of aliphatic hydroxyl groups is 3. The predicted octanol–water partition coefficient (Wildman–Crippen LogP) is 23.6. The van der Waals surface area contributed by atoms with Crippen LogP contribution in [0.25, 0.3) is 0 Å². The molecule has 9 nitrogen and oxygen atoms in total. The molecule has 626 valence electrons. The first kappa shape index (κ1) is 93.0. The van der Waals surface area contributed by atoms with Crippen molar-refractivity contribution in [1.82, 2.24) is 0 Å². The number of halogens is 12. The first-order valence-electron chi connectivity index (χ1n) is 39.9. The molecule has 0 aromatic heterocycles. The van der Waals surface area contributed by atoms with Gasteiger partial charge in [0.2, 0.25) is 0 Å². The fourth-order valence-corrected chi connectivity index (χ4v) is 23.6. The topological polar surface area (TPSA) is 132 Å². The van der Waals surface area contributed by atoms with E-state index in [0.717, 1.165) is 115 Å². The van der Waals surface area contributed by atoms with E-state index in [4.69, 9.17) is 18.0 Å². The van der Waals surface area contributed by atoms with E-state index >= 15 is 0 Å². The average molecular weight is 1660 g/mol. The fourth-order valence-electron chi connectivity index (χ4n) is 17.2. The van der Waals surface area contributed by atoms with Gasteiger partial charge >= 0.3 is 24.7 Å². The van der Waals surface area contributed by atoms with Gasteiger partial charge in [0, 0.05) is 55.2 Å². The SMILES string of the molecule is C1CCOC1.C=C1/C(=C\C=C2/CCC[C@]3(C)C(C4(C/C=C/C(O)(C(F)(F)F)C(F)(F)F)CC4)=CCC23)CC(O)C[C@@H]1O.C=C1/C(=C\CP(=O)(c2ccccc2)c2ccccc2)C[C@@H](O[Si](C)(C)C(C)(C)C)C[C@@H]1O[Si](C)(C)C(C)(C)C.C[C@]12CCCC(=O)C1CC=C2C1(C/C=C/C(O[Si](C)(C)C)(C(F)(F)F)C(F)(F)F)CC1. The van der Waals surface area contributed by atoms with Crippen molar-refractivity contribution in [2.45, 2.75) is 300 Å². The molecule has 1 heterocycles.